The van der Waals surface area contributed by atoms with Crippen LogP contribution in [-0.4, -0.2) is 42.9 Å². The van der Waals surface area contributed by atoms with Crippen LogP contribution in [0, 0.1) is 0 Å². The number of ether oxygens (including phenoxy) is 1. The largest absolute Gasteiger partial charge is 0.487 e. The second kappa shape index (κ2) is 7.95. The minimum Gasteiger partial charge on any atom is -0.487 e. The number of carbonyl (C=O) groups is 2. The first-order chi connectivity index (χ1) is 14.7. The molecule has 0 atom stereocenters. The summed E-state index contributed by atoms with van der Waals surface area (Å²) in [5.74, 6) is 0.364. The zero-order valence-electron chi connectivity index (χ0n) is 16.9. The number of hydrogen-bond donors (Lipinski definition) is 2. The predicted molar refractivity (Wildman–Crippen MR) is 116 cm³/mol. The van der Waals surface area contributed by atoms with Gasteiger partial charge < -0.3 is 20.3 Å². The van der Waals surface area contributed by atoms with Crippen LogP contribution in [-0.2, 0) is 16.1 Å². The second-order valence-corrected chi connectivity index (χ2v) is 8.02. The van der Waals surface area contributed by atoms with Crippen molar-refractivity contribution < 1.29 is 14.3 Å². The van der Waals surface area contributed by atoms with Gasteiger partial charge in [-0.15, -0.1) is 0 Å². The van der Waals surface area contributed by atoms with Gasteiger partial charge in [0.15, 0.2) is 0 Å². The summed E-state index contributed by atoms with van der Waals surface area (Å²) in [7, 11) is 0. The second-order valence-electron chi connectivity index (χ2n) is 8.02. The third kappa shape index (κ3) is 3.48. The fourth-order valence-electron chi connectivity index (χ4n) is 4.47. The molecule has 2 aromatic rings. The van der Waals surface area contributed by atoms with Gasteiger partial charge in [-0.05, 0) is 44.1 Å². The first kappa shape index (κ1) is 18.9. The van der Waals surface area contributed by atoms with Crippen molar-refractivity contribution in [3.05, 3.63) is 64.7 Å². The number of likely N-dealkylation sites (tertiary alicyclic amines) is 1. The molecule has 2 N–H and O–H groups in total. The number of benzene rings is 2. The number of nitrogens with one attached hydrogen (secondary N) is 2. The molecule has 0 unspecified atom stereocenters. The molecule has 0 saturated carbocycles. The molecule has 0 aliphatic carbocycles. The first-order valence-corrected chi connectivity index (χ1v) is 10.6. The number of carbonyl (C=O) groups excluding carboxylic acids is 2. The molecular formula is C24H25N3O3. The third-order valence-corrected chi connectivity index (χ3v) is 6.05. The Balaban J connectivity index is 1.32. The molecule has 1 fully saturated rings. The van der Waals surface area contributed by atoms with Gasteiger partial charge in [-0.3, -0.25) is 9.59 Å². The lowest BCUT2D eigenvalue weighted by molar-refractivity contribution is -0.110. The van der Waals surface area contributed by atoms with E-state index in [1.807, 2.05) is 42.5 Å². The van der Waals surface area contributed by atoms with Crippen molar-refractivity contribution in [2.45, 2.75) is 25.9 Å². The molecule has 0 aromatic heterocycles. The van der Waals surface area contributed by atoms with Crippen molar-refractivity contribution >= 4 is 28.8 Å². The maximum atomic E-state index is 12.6. The first-order valence-electron chi connectivity index (χ1n) is 10.6. The highest BCUT2D eigenvalue weighted by Gasteiger charge is 2.32. The van der Waals surface area contributed by atoms with Crippen molar-refractivity contribution in [1.29, 1.82) is 0 Å². The van der Waals surface area contributed by atoms with E-state index in [0.717, 1.165) is 42.0 Å². The van der Waals surface area contributed by atoms with Crippen LogP contribution in [0.3, 0.4) is 0 Å². The summed E-state index contributed by atoms with van der Waals surface area (Å²) in [6.45, 7) is 4.15. The van der Waals surface area contributed by atoms with Crippen LogP contribution in [0.25, 0.3) is 11.3 Å². The van der Waals surface area contributed by atoms with Gasteiger partial charge in [-0.1, -0.05) is 30.7 Å². The Morgan fingerprint density at radius 1 is 1.07 bits per heavy atom. The molecule has 0 radical (unpaired) electrons. The number of piperidine rings is 1. The Hall–Kier alpha value is -3.12. The molecule has 5 rings (SSSR count). The van der Waals surface area contributed by atoms with Gasteiger partial charge in [-0.25, -0.2) is 0 Å². The van der Waals surface area contributed by atoms with Crippen molar-refractivity contribution in [3.8, 4) is 0 Å². The van der Waals surface area contributed by atoms with E-state index in [4.69, 9.17) is 4.74 Å². The number of hydrogen-bond acceptors (Lipinski definition) is 4. The Morgan fingerprint density at radius 2 is 1.90 bits per heavy atom. The highest BCUT2D eigenvalue weighted by atomic mass is 16.5. The van der Waals surface area contributed by atoms with E-state index in [0.29, 0.717) is 30.0 Å². The minimum absolute atomic E-state index is 0.0696. The van der Waals surface area contributed by atoms with Crippen LogP contribution < -0.4 is 10.6 Å². The molecule has 3 aliphatic rings. The number of rotatable bonds is 4. The highest BCUT2D eigenvalue weighted by Crippen LogP contribution is 2.41. The lowest BCUT2D eigenvalue weighted by Crippen LogP contribution is -2.37. The standard InChI is InChI=1S/C24H25N3O3/c28-23(25-10-13-27-11-4-1-5-12-27)16-8-9-18-17(14-16)15-30-22(18)21-19-6-2-3-7-20(19)26-24(21)29/h2-3,6-9,14H,1,4-5,10-13,15H2,(H,25,28)(H,26,29)/b22-21+. The Kier molecular flexibility index (Phi) is 5.01. The SMILES string of the molecule is O=C1Nc2ccccc2/C1=C1\OCc2cc(C(=O)NCCN3CCCCC3)ccc21. The highest BCUT2D eigenvalue weighted by molar-refractivity contribution is 6.36. The van der Waals surface area contributed by atoms with E-state index in [2.05, 4.69) is 15.5 Å². The van der Waals surface area contributed by atoms with Crippen molar-refractivity contribution in [1.82, 2.24) is 10.2 Å². The maximum absolute atomic E-state index is 12.6. The van der Waals surface area contributed by atoms with Crippen molar-refractivity contribution in [2.24, 2.45) is 0 Å². The van der Waals surface area contributed by atoms with Crippen molar-refractivity contribution in [2.75, 3.05) is 31.5 Å². The maximum Gasteiger partial charge on any atom is 0.260 e. The fraction of sp³-hybridized carbons (Fsp3) is 0.333. The molecule has 2 aromatic carbocycles. The average molecular weight is 403 g/mol. The lowest BCUT2D eigenvalue weighted by Gasteiger charge is -2.26. The van der Waals surface area contributed by atoms with Crippen LogP contribution >= 0.6 is 0 Å². The molecule has 2 amide bonds. The van der Waals surface area contributed by atoms with Gasteiger partial charge >= 0.3 is 0 Å². The van der Waals surface area contributed by atoms with E-state index < -0.39 is 0 Å². The average Bonchev–Trinajstić information content (AvgIpc) is 3.33. The molecule has 154 valence electrons. The van der Waals surface area contributed by atoms with Gasteiger partial charge in [0.2, 0.25) is 0 Å². The number of nitrogens with zero attached hydrogens (tertiary/aromatic N) is 1. The Bertz CT molecular complexity index is 1040. The van der Waals surface area contributed by atoms with Gasteiger partial charge in [-0.2, -0.15) is 0 Å². The number of anilines is 1. The summed E-state index contributed by atoms with van der Waals surface area (Å²) >= 11 is 0. The van der Waals surface area contributed by atoms with Gasteiger partial charge in [0.1, 0.15) is 12.4 Å². The summed E-state index contributed by atoms with van der Waals surface area (Å²) in [5, 5.41) is 5.92. The van der Waals surface area contributed by atoms with Crippen molar-refractivity contribution in [3.63, 3.8) is 0 Å². The van der Waals surface area contributed by atoms with Crippen LogP contribution in [0.4, 0.5) is 5.69 Å². The van der Waals surface area contributed by atoms with E-state index in [1.165, 1.54) is 19.3 Å². The molecule has 0 spiro atoms. The Labute approximate surface area is 175 Å². The third-order valence-electron chi connectivity index (χ3n) is 6.05. The predicted octanol–water partition coefficient (Wildman–Crippen LogP) is 3.25. The summed E-state index contributed by atoms with van der Waals surface area (Å²) in [5.41, 5.74) is 4.64. The summed E-state index contributed by atoms with van der Waals surface area (Å²) in [6.07, 6.45) is 3.81. The molecule has 3 heterocycles. The molecule has 6 heteroatoms. The molecular weight excluding hydrogens is 378 g/mol. The summed E-state index contributed by atoms with van der Waals surface area (Å²) in [6, 6.07) is 13.2. The molecule has 1 saturated heterocycles. The van der Waals surface area contributed by atoms with Crippen LogP contribution in [0.5, 0.6) is 0 Å². The molecule has 6 nitrogen and oxygen atoms in total. The van der Waals surface area contributed by atoms with E-state index in [-0.39, 0.29) is 11.8 Å². The monoisotopic (exact) mass is 403 g/mol. The van der Waals surface area contributed by atoms with Gasteiger partial charge in [0.25, 0.3) is 11.8 Å². The van der Waals surface area contributed by atoms with Gasteiger partial charge in [0.05, 0.1) is 5.57 Å². The minimum atomic E-state index is -0.154. The zero-order valence-corrected chi connectivity index (χ0v) is 16.9. The lowest BCUT2D eigenvalue weighted by atomic mass is 9.99. The van der Waals surface area contributed by atoms with E-state index in [1.54, 1.807) is 0 Å². The molecule has 0 bridgehead atoms. The quantitative estimate of drug-likeness (QED) is 0.769. The fourth-order valence-corrected chi connectivity index (χ4v) is 4.47. The smallest absolute Gasteiger partial charge is 0.260 e. The zero-order chi connectivity index (χ0) is 20.5. The number of fused-ring (bicyclic) bond motifs is 2. The normalized spacial score (nSPS) is 20.3. The van der Waals surface area contributed by atoms with Crippen LogP contribution in [0.2, 0.25) is 0 Å². The number of amides is 2. The van der Waals surface area contributed by atoms with E-state index in [9.17, 15) is 9.59 Å². The molecule has 30 heavy (non-hydrogen) atoms. The van der Waals surface area contributed by atoms with Crippen LogP contribution in [0.15, 0.2) is 42.5 Å². The summed E-state index contributed by atoms with van der Waals surface area (Å²) < 4.78 is 5.91. The number of para-hydroxylation sites is 1. The summed E-state index contributed by atoms with van der Waals surface area (Å²) in [4.78, 5) is 27.5. The van der Waals surface area contributed by atoms with E-state index >= 15 is 0 Å². The Morgan fingerprint density at radius 3 is 2.77 bits per heavy atom. The molecule has 3 aliphatic heterocycles. The van der Waals surface area contributed by atoms with Crippen LogP contribution in [0.1, 0.15) is 46.3 Å². The topological polar surface area (TPSA) is 70.7 Å². The van der Waals surface area contributed by atoms with Gasteiger partial charge in [0, 0.05) is 41.0 Å².